The molecule has 3 unspecified atom stereocenters. The lowest BCUT2D eigenvalue weighted by molar-refractivity contribution is -0.156. The van der Waals surface area contributed by atoms with Crippen LogP contribution in [0.5, 0.6) is 0 Å². The van der Waals surface area contributed by atoms with E-state index in [-0.39, 0.29) is 12.1 Å². The molecule has 1 rings (SSSR count). The lowest BCUT2D eigenvalue weighted by Crippen LogP contribution is -2.40. The Balaban J connectivity index is 2.45. The van der Waals surface area contributed by atoms with Crippen molar-refractivity contribution in [3.05, 3.63) is 0 Å². The molecular weight excluding hydrogens is 204 g/mol. The summed E-state index contributed by atoms with van der Waals surface area (Å²) in [5, 5.41) is 0. The molecular formula is C13H24O3. The van der Waals surface area contributed by atoms with Crippen LogP contribution in [0.4, 0.5) is 0 Å². The molecule has 1 heterocycles. The van der Waals surface area contributed by atoms with E-state index in [9.17, 15) is 4.79 Å². The molecule has 3 heteroatoms. The van der Waals surface area contributed by atoms with Gasteiger partial charge in [-0.25, -0.2) is 0 Å². The second kappa shape index (κ2) is 6.24. The van der Waals surface area contributed by atoms with Crippen molar-refractivity contribution in [2.75, 3.05) is 6.61 Å². The van der Waals surface area contributed by atoms with Crippen molar-refractivity contribution < 1.29 is 14.3 Å². The third-order valence-electron chi connectivity index (χ3n) is 3.33. The van der Waals surface area contributed by atoms with E-state index in [2.05, 4.69) is 20.8 Å². The van der Waals surface area contributed by atoms with Crippen LogP contribution in [-0.2, 0) is 14.3 Å². The van der Waals surface area contributed by atoms with Gasteiger partial charge in [-0.3, -0.25) is 4.79 Å². The molecule has 0 spiro atoms. The van der Waals surface area contributed by atoms with Crippen molar-refractivity contribution in [3.63, 3.8) is 0 Å². The van der Waals surface area contributed by atoms with E-state index < -0.39 is 0 Å². The summed E-state index contributed by atoms with van der Waals surface area (Å²) in [7, 11) is 0. The van der Waals surface area contributed by atoms with E-state index >= 15 is 0 Å². The Labute approximate surface area is 98.5 Å². The van der Waals surface area contributed by atoms with Crippen molar-refractivity contribution in [1.29, 1.82) is 0 Å². The summed E-state index contributed by atoms with van der Waals surface area (Å²) in [5.41, 5.74) is 0. The van der Waals surface area contributed by atoms with Gasteiger partial charge in [-0.05, 0) is 24.7 Å². The molecule has 1 saturated heterocycles. The number of carbonyl (C=O) groups is 1. The van der Waals surface area contributed by atoms with Crippen molar-refractivity contribution >= 4 is 5.97 Å². The highest BCUT2D eigenvalue weighted by Crippen LogP contribution is 2.31. The molecule has 0 bridgehead atoms. The first-order valence-corrected chi connectivity index (χ1v) is 6.33. The first-order chi connectivity index (χ1) is 7.54. The van der Waals surface area contributed by atoms with Crippen LogP contribution in [0, 0.1) is 11.8 Å². The van der Waals surface area contributed by atoms with Gasteiger partial charge in [0, 0.05) is 6.92 Å². The van der Waals surface area contributed by atoms with Crippen molar-refractivity contribution in [3.8, 4) is 0 Å². The van der Waals surface area contributed by atoms with E-state index in [0.29, 0.717) is 24.5 Å². The monoisotopic (exact) mass is 228 g/mol. The fraction of sp³-hybridized carbons (Fsp3) is 0.923. The summed E-state index contributed by atoms with van der Waals surface area (Å²) in [4.78, 5) is 10.7. The highest BCUT2D eigenvalue weighted by atomic mass is 16.6. The van der Waals surface area contributed by atoms with Gasteiger partial charge in [-0.15, -0.1) is 0 Å². The summed E-state index contributed by atoms with van der Waals surface area (Å²) in [5.74, 6) is 0.973. The number of esters is 1. The number of rotatable bonds is 4. The molecule has 1 fully saturated rings. The molecule has 1 aliphatic heterocycles. The molecule has 0 aromatic carbocycles. The van der Waals surface area contributed by atoms with Crippen LogP contribution in [0.2, 0.25) is 0 Å². The molecule has 16 heavy (non-hydrogen) atoms. The van der Waals surface area contributed by atoms with Gasteiger partial charge < -0.3 is 9.47 Å². The van der Waals surface area contributed by atoms with E-state index in [1.807, 2.05) is 0 Å². The van der Waals surface area contributed by atoms with Crippen molar-refractivity contribution in [2.45, 2.75) is 59.2 Å². The van der Waals surface area contributed by atoms with E-state index in [0.717, 1.165) is 6.42 Å². The Morgan fingerprint density at radius 3 is 2.62 bits per heavy atom. The van der Waals surface area contributed by atoms with E-state index in [1.54, 1.807) is 0 Å². The Bertz CT molecular complexity index is 225. The SMILES string of the molecule is CCC1CCC(COC(C)=O)OC1C(C)C. The van der Waals surface area contributed by atoms with Crippen LogP contribution in [0.1, 0.15) is 47.0 Å². The molecule has 1 aliphatic rings. The van der Waals surface area contributed by atoms with Gasteiger partial charge in [-0.2, -0.15) is 0 Å². The summed E-state index contributed by atoms with van der Waals surface area (Å²) < 4.78 is 11.0. The minimum absolute atomic E-state index is 0.0964. The Morgan fingerprint density at radius 2 is 2.12 bits per heavy atom. The minimum Gasteiger partial charge on any atom is -0.463 e. The van der Waals surface area contributed by atoms with Crippen molar-refractivity contribution in [1.82, 2.24) is 0 Å². The molecule has 94 valence electrons. The van der Waals surface area contributed by atoms with Gasteiger partial charge >= 0.3 is 5.97 Å². The second-order valence-corrected chi connectivity index (χ2v) is 5.01. The Hall–Kier alpha value is -0.570. The fourth-order valence-corrected chi connectivity index (χ4v) is 2.44. The van der Waals surface area contributed by atoms with Crippen LogP contribution in [-0.4, -0.2) is 24.8 Å². The average Bonchev–Trinajstić information content (AvgIpc) is 2.25. The summed E-state index contributed by atoms with van der Waals surface area (Å²) in [6.45, 7) is 8.46. The van der Waals surface area contributed by atoms with Gasteiger partial charge in [0.1, 0.15) is 6.61 Å². The second-order valence-electron chi connectivity index (χ2n) is 5.01. The number of carbonyl (C=O) groups excluding carboxylic acids is 1. The van der Waals surface area contributed by atoms with Crippen LogP contribution < -0.4 is 0 Å². The predicted molar refractivity (Wildman–Crippen MR) is 63.1 cm³/mol. The smallest absolute Gasteiger partial charge is 0.302 e. The average molecular weight is 228 g/mol. The summed E-state index contributed by atoms with van der Waals surface area (Å²) in [6, 6.07) is 0. The highest BCUT2D eigenvalue weighted by Gasteiger charge is 2.32. The number of hydrogen-bond acceptors (Lipinski definition) is 3. The first-order valence-electron chi connectivity index (χ1n) is 6.33. The zero-order valence-corrected chi connectivity index (χ0v) is 10.9. The van der Waals surface area contributed by atoms with Gasteiger partial charge in [0.15, 0.2) is 0 Å². The molecule has 0 N–H and O–H groups in total. The van der Waals surface area contributed by atoms with Gasteiger partial charge in [0.2, 0.25) is 0 Å². The summed E-state index contributed by atoms with van der Waals surface area (Å²) in [6.07, 6.45) is 3.78. The third-order valence-corrected chi connectivity index (χ3v) is 3.33. The third kappa shape index (κ3) is 3.78. The number of ether oxygens (including phenoxy) is 2. The summed E-state index contributed by atoms with van der Waals surface area (Å²) >= 11 is 0. The standard InChI is InChI=1S/C13H24O3/c1-5-11-6-7-12(8-15-10(4)14)16-13(11)9(2)3/h9,11-13H,5-8H2,1-4H3. The highest BCUT2D eigenvalue weighted by molar-refractivity contribution is 5.65. The van der Waals surface area contributed by atoms with Crippen LogP contribution in [0.15, 0.2) is 0 Å². The Kier molecular flexibility index (Phi) is 5.26. The molecule has 0 aromatic rings. The number of hydrogen-bond donors (Lipinski definition) is 0. The molecule has 0 saturated carbocycles. The van der Waals surface area contributed by atoms with Crippen molar-refractivity contribution in [2.24, 2.45) is 11.8 Å². The largest absolute Gasteiger partial charge is 0.463 e. The molecule has 0 radical (unpaired) electrons. The lowest BCUT2D eigenvalue weighted by Gasteiger charge is -2.38. The maximum atomic E-state index is 10.7. The molecule has 3 atom stereocenters. The first kappa shape index (κ1) is 13.5. The zero-order valence-electron chi connectivity index (χ0n) is 10.9. The molecule has 3 nitrogen and oxygen atoms in total. The van der Waals surface area contributed by atoms with Crippen LogP contribution >= 0.6 is 0 Å². The minimum atomic E-state index is -0.220. The van der Waals surface area contributed by atoms with Gasteiger partial charge in [-0.1, -0.05) is 27.2 Å². The van der Waals surface area contributed by atoms with Gasteiger partial charge in [0.25, 0.3) is 0 Å². The molecule has 0 aromatic heterocycles. The zero-order chi connectivity index (χ0) is 12.1. The fourth-order valence-electron chi connectivity index (χ4n) is 2.44. The maximum absolute atomic E-state index is 10.7. The normalized spacial score (nSPS) is 30.4. The molecule has 0 amide bonds. The maximum Gasteiger partial charge on any atom is 0.302 e. The quantitative estimate of drug-likeness (QED) is 0.694. The molecule has 0 aliphatic carbocycles. The van der Waals surface area contributed by atoms with Gasteiger partial charge in [0.05, 0.1) is 12.2 Å². The Morgan fingerprint density at radius 1 is 1.44 bits per heavy atom. The van der Waals surface area contributed by atoms with E-state index in [1.165, 1.54) is 19.8 Å². The van der Waals surface area contributed by atoms with E-state index in [4.69, 9.17) is 9.47 Å². The van der Waals surface area contributed by atoms with Crippen LogP contribution in [0.3, 0.4) is 0 Å². The predicted octanol–water partition coefficient (Wildman–Crippen LogP) is 2.78. The topological polar surface area (TPSA) is 35.5 Å². The van der Waals surface area contributed by atoms with Crippen LogP contribution in [0.25, 0.3) is 0 Å². The lowest BCUT2D eigenvalue weighted by atomic mass is 9.84.